The highest BCUT2D eigenvalue weighted by Gasteiger charge is 1.98. The second-order valence-electron chi connectivity index (χ2n) is 5.06. The largest absolute Gasteiger partial charge is 0.307 e. The van der Waals surface area contributed by atoms with E-state index >= 15 is 0 Å². The number of rotatable bonds is 4. The van der Waals surface area contributed by atoms with Crippen molar-refractivity contribution in [2.45, 2.75) is 20.0 Å². The van der Waals surface area contributed by atoms with Crippen LogP contribution in [0.5, 0.6) is 0 Å². The lowest BCUT2D eigenvalue weighted by molar-refractivity contribution is 0.678. The molecule has 2 aromatic carbocycles. The van der Waals surface area contributed by atoms with Gasteiger partial charge in [-0.15, -0.1) is 0 Å². The zero-order valence-corrected chi connectivity index (χ0v) is 11.6. The maximum absolute atomic E-state index is 4.49. The predicted octanol–water partition coefficient (Wildman–Crippen LogP) is 3.83. The Morgan fingerprint density at radius 2 is 1.70 bits per heavy atom. The van der Waals surface area contributed by atoms with Crippen LogP contribution in [-0.2, 0) is 13.1 Å². The number of benzene rings is 2. The van der Waals surface area contributed by atoms with E-state index < -0.39 is 0 Å². The average molecular weight is 262 g/mol. The Bertz CT molecular complexity index is 719. The molecule has 20 heavy (non-hydrogen) atoms. The highest BCUT2D eigenvalue weighted by atomic mass is 14.9. The van der Waals surface area contributed by atoms with Crippen LogP contribution in [-0.4, -0.2) is 4.98 Å². The van der Waals surface area contributed by atoms with Gasteiger partial charge in [-0.25, -0.2) is 0 Å². The maximum atomic E-state index is 4.49. The van der Waals surface area contributed by atoms with E-state index in [4.69, 9.17) is 0 Å². The standard InChI is InChI=1S/C18H18N2/c1-14-5-4-8-18(20-14)13-19-12-15-9-10-16-6-2-3-7-17(16)11-15/h2-11,19H,12-13H2,1H3. The average Bonchev–Trinajstić information content (AvgIpc) is 2.47. The Balaban J connectivity index is 1.65. The smallest absolute Gasteiger partial charge is 0.0544 e. The van der Waals surface area contributed by atoms with Gasteiger partial charge in [-0.1, -0.05) is 42.5 Å². The van der Waals surface area contributed by atoms with Crippen molar-refractivity contribution in [1.82, 2.24) is 10.3 Å². The van der Waals surface area contributed by atoms with Crippen molar-refractivity contribution in [1.29, 1.82) is 0 Å². The highest BCUT2D eigenvalue weighted by Crippen LogP contribution is 2.15. The van der Waals surface area contributed by atoms with Crippen molar-refractivity contribution < 1.29 is 0 Å². The number of fused-ring (bicyclic) bond motifs is 1. The van der Waals surface area contributed by atoms with Crippen LogP contribution < -0.4 is 5.32 Å². The number of pyridine rings is 1. The molecule has 0 saturated carbocycles. The molecule has 0 unspecified atom stereocenters. The van der Waals surface area contributed by atoms with Crippen LogP contribution in [0.1, 0.15) is 17.0 Å². The molecule has 1 heterocycles. The lowest BCUT2D eigenvalue weighted by Crippen LogP contribution is -2.13. The first-order chi connectivity index (χ1) is 9.81. The van der Waals surface area contributed by atoms with Crippen molar-refractivity contribution in [3.63, 3.8) is 0 Å². The van der Waals surface area contributed by atoms with Crippen LogP contribution in [0.3, 0.4) is 0 Å². The predicted molar refractivity (Wildman–Crippen MR) is 83.5 cm³/mol. The van der Waals surface area contributed by atoms with Crippen LogP contribution in [0, 0.1) is 6.92 Å². The second kappa shape index (κ2) is 5.85. The van der Waals surface area contributed by atoms with Gasteiger partial charge < -0.3 is 5.32 Å². The zero-order chi connectivity index (χ0) is 13.8. The molecule has 1 aromatic heterocycles. The summed E-state index contributed by atoms with van der Waals surface area (Å²) in [7, 11) is 0. The summed E-state index contributed by atoms with van der Waals surface area (Å²) >= 11 is 0. The van der Waals surface area contributed by atoms with Gasteiger partial charge in [0.1, 0.15) is 0 Å². The van der Waals surface area contributed by atoms with Gasteiger partial charge in [0.15, 0.2) is 0 Å². The Hall–Kier alpha value is -2.19. The first-order valence-electron chi connectivity index (χ1n) is 6.92. The van der Waals surface area contributed by atoms with Gasteiger partial charge in [-0.05, 0) is 41.5 Å². The van der Waals surface area contributed by atoms with Crippen molar-refractivity contribution >= 4 is 10.8 Å². The lowest BCUT2D eigenvalue weighted by Gasteiger charge is -2.06. The summed E-state index contributed by atoms with van der Waals surface area (Å²) in [5.74, 6) is 0. The highest BCUT2D eigenvalue weighted by molar-refractivity contribution is 5.82. The van der Waals surface area contributed by atoms with Crippen molar-refractivity contribution in [2.24, 2.45) is 0 Å². The molecule has 0 aliphatic rings. The molecule has 0 atom stereocenters. The number of nitrogens with zero attached hydrogens (tertiary/aromatic N) is 1. The zero-order valence-electron chi connectivity index (χ0n) is 11.6. The van der Waals surface area contributed by atoms with Crippen LogP contribution in [0.15, 0.2) is 60.7 Å². The van der Waals surface area contributed by atoms with Crippen molar-refractivity contribution in [3.05, 3.63) is 77.6 Å². The summed E-state index contributed by atoms with van der Waals surface area (Å²) in [5.41, 5.74) is 3.46. The van der Waals surface area contributed by atoms with Gasteiger partial charge >= 0.3 is 0 Å². The molecule has 3 rings (SSSR count). The van der Waals surface area contributed by atoms with Crippen LogP contribution >= 0.6 is 0 Å². The van der Waals surface area contributed by atoms with Gasteiger partial charge in [0.2, 0.25) is 0 Å². The fraction of sp³-hybridized carbons (Fsp3) is 0.167. The molecule has 0 fully saturated rings. The maximum Gasteiger partial charge on any atom is 0.0544 e. The summed E-state index contributed by atoms with van der Waals surface area (Å²) in [6, 6.07) is 21.2. The van der Waals surface area contributed by atoms with Gasteiger partial charge in [-0.3, -0.25) is 4.98 Å². The number of aryl methyl sites for hydroxylation is 1. The molecule has 0 spiro atoms. The molecule has 0 saturated heterocycles. The number of hydrogen-bond donors (Lipinski definition) is 1. The minimum Gasteiger partial charge on any atom is -0.307 e. The normalized spacial score (nSPS) is 10.8. The number of nitrogens with one attached hydrogen (secondary N) is 1. The van der Waals surface area contributed by atoms with E-state index in [1.807, 2.05) is 13.0 Å². The number of aromatic nitrogens is 1. The Kier molecular flexibility index (Phi) is 3.75. The molecule has 0 aliphatic heterocycles. The summed E-state index contributed by atoms with van der Waals surface area (Å²) in [6.45, 7) is 3.68. The molecular formula is C18H18N2. The van der Waals surface area contributed by atoms with Crippen LogP contribution in [0.4, 0.5) is 0 Å². The van der Waals surface area contributed by atoms with Gasteiger partial charge in [0, 0.05) is 18.8 Å². The SMILES string of the molecule is Cc1cccc(CNCc2ccc3ccccc3c2)n1. The summed E-state index contributed by atoms with van der Waals surface area (Å²) in [5, 5.41) is 6.03. The lowest BCUT2D eigenvalue weighted by atomic mass is 10.1. The first kappa shape index (κ1) is 12.8. The number of hydrogen-bond acceptors (Lipinski definition) is 2. The van der Waals surface area contributed by atoms with E-state index in [1.54, 1.807) is 0 Å². The molecule has 0 bridgehead atoms. The van der Waals surface area contributed by atoms with E-state index in [0.717, 1.165) is 24.5 Å². The van der Waals surface area contributed by atoms with Gasteiger partial charge in [0.05, 0.1) is 5.69 Å². The Morgan fingerprint density at radius 3 is 2.55 bits per heavy atom. The monoisotopic (exact) mass is 262 g/mol. The third-order valence-electron chi connectivity index (χ3n) is 3.40. The fourth-order valence-corrected chi connectivity index (χ4v) is 2.38. The van der Waals surface area contributed by atoms with Crippen LogP contribution in [0.25, 0.3) is 10.8 Å². The quantitative estimate of drug-likeness (QED) is 0.773. The van der Waals surface area contributed by atoms with E-state index in [1.165, 1.54) is 16.3 Å². The van der Waals surface area contributed by atoms with E-state index in [2.05, 4.69) is 64.9 Å². The molecular weight excluding hydrogens is 244 g/mol. The van der Waals surface area contributed by atoms with Gasteiger partial charge in [-0.2, -0.15) is 0 Å². The molecule has 0 amide bonds. The summed E-state index contributed by atoms with van der Waals surface area (Å²) in [4.78, 5) is 4.49. The van der Waals surface area contributed by atoms with E-state index in [0.29, 0.717) is 0 Å². The first-order valence-corrected chi connectivity index (χ1v) is 6.92. The molecule has 0 radical (unpaired) electrons. The Morgan fingerprint density at radius 1 is 0.850 bits per heavy atom. The van der Waals surface area contributed by atoms with Crippen molar-refractivity contribution in [2.75, 3.05) is 0 Å². The van der Waals surface area contributed by atoms with E-state index in [-0.39, 0.29) is 0 Å². The summed E-state index contributed by atoms with van der Waals surface area (Å²) < 4.78 is 0. The second-order valence-corrected chi connectivity index (χ2v) is 5.06. The van der Waals surface area contributed by atoms with Crippen molar-refractivity contribution in [3.8, 4) is 0 Å². The fourth-order valence-electron chi connectivity index (χ4n) is 2.38. The molecule has 100 valence electrons. The Labute approximate surface area is 119 Å². The molecule has 3 aromatic rings. The molecule has 2 heteroatoms. The third kappa shape index (κ3) is 3.03. The minimum absolute atomic E-state index is 0.800. The topological polar surface area (TPSA) is 24.9 Å². The third-order valence-corrected chi connectivity index (χ3v) is 3.40. The molecule has 2 nitrogen and oxygen atoms in total. The minimum atomic E-state index is 0.800. The summed E-state index contributed by atoms with van der Waals surface area (Å²) in [6.07, 6.45) is 0. The molecule has 0 aliphatic carbocycles. The molecule has 1 N–H and O–H groups in total. The van der Waals surface area contributed by atoms with Gasteiger partial charge in [0.25, 0.3) is 0 Å². The van der Waals surface area contributed by atoms with E-state index in [9.17, 15) is 0 Å². The van der Waals surface area contributed by atoms with Crippen LogP contribution in [0.2, 0.25) is 0 Å².